The van der Waals surface area contributed by atoms with E-state index in [1.54, 1.807) is 30.9 Å². The summed E-state index contributed by atoms with van der Waals surface area (Å²) in [6.45, 7) is 3.43. The van der Waals surface area contributed by atoms with Crippen LogP contribution in [0, 0.1) is 6.92 Å². The minimum Gasteiger partial charge on any atom is -0.506 e. The van der Waals surface area contributed by atoms with E-state index in [1.807, 2.05) is 17.4 Å². The highest BCUT2D eigenvalue weighted by molar-refractivity contribution is 6.13. The van der Waals surface area contributed by atoms with Crippen LogP contribution in [-0.2, 0) is 0 Å². The van der Waals surface area contributed by atoms with Crippen LogP contribution in [0.4, 0.5) is 0 Å². The lowest BCUT2D eigenvalue weighted by molar-refractivity contribution is 0.102. The van der Waals surface area contributed by atoms with E-state index in [-0.39, 0.29) is 11.5 Å². The molecule has 5 rings (SSSR count). The molecule has 0 saturated heterocycles. The number of carbonyl (C=O) groups is 1. The minimum atomic E-state index is -0.142. The summed E-state index contributed by atoms with van der Waals surface area (Å²) < 4.78 is 1.84. The van der Waals surface area contributed by atoms with Gasteiger partial charge in [0.15, 0.2) is 11.4 Å². The van der Waals surface area contributed by atoms with E-state index in [2.05, 4.69) is 24.9 Å². The minimum absolute atomic E-state index is 0.117. The first-order valence-corrected chi connectivity index (χ1v) is 8.35. The van der Waals surface area contributed by atoms with Gasteiger partial charge in [-0.15, -0.1) is 0 Å². The van der Waals surface area contributed by atoms with Crippen LogP contribution in [0.3, 0.4) is 0 Å². The van der Waals surface area contributed by atoms with Gasteiger partial charge in [-0.1, -0.05) is 6.07 Å². The summed E-state index contributed by atoms with van der Waals surface area (Å²) in [6.07, 6.45) is 6.37. The van der Waals surface area contributed by atoms with E-state index in [1.165, 1.54) is 6.92 Å². The van der Waals surface area contributed by atoms with Crippen LogP contribution in [0.1, 0.15) is 22.8 Å². The number of aromatic hydroxyl groups is 1. The maximum Gasteiger partial charge on any atom is 0.165 e. The zero-order chi connectivity index (χ0) is 18.7. The Morgan fingerprint density at radius 2 is 2.00 bits per heavy atom. The van der Waals surface area contributed by atoms with Crippen LogP contribution in [-0.4, -0.2) is 40.2 Å². The number of nitrogens with one attached hydrogen (secondary N) is 1. The van der Waals surface area contributed by atoms with Gasteiger partial charge >= 0.3 is 0 Å². The number of carbonyl (C=O) groups excluding carboxylic acids is 1. The van der Waals surface area contributed by atoms with E-state index < -0.39 is 0 Å². The number of phenols is 1. The van der Waals surface area contributed by atoms with Gasteiger partial charge in [0.2, 0.25) is 0 Å². The number of aromatic amines is 1. The van der Waals surface area contributed by atoms with Crippen molar-refractivity contribution in [2.45, 2.75) is 13.8 Å². The summed E-state index contributed by atoms with van der Waals surface area (Å²) in [4.78, 5) is 33.1. The van der Waals surface area contributed by atoms with Gasteiger partial charge in [-0.05, 0) is 25.5 Å². The largest absolute Gasteiger partial charge is 0.506 e. The number of H-pyrrole nitrogens is 1. The Kier molecular flexibility index (Phi) is 3.06. The SMILES string of the molecule is CC(=O)c1c2nc(-c3cnccn3)cnc2n2c1[nH]c1c(O)ccc(C)c12. The summed E-state index contributed by atoms with van der Waals surface area (Å²) in [5.41, 5.74) is 5.42. The maximum absolute atomic E-state index is 12.4. The molecule has 4 heterocycles. The quantitative estimate of drug-likeness (QED) is 0.470. The number of rotatable bonds is 2. The summed E-state index contributed by atoms with van der Waals surface area (Å²) in [5, 5.41) is 10.2. The molecular weight excluding hydrogens is 344 g/mol. The molecule has 0 saturated carbocycles. The van der Waals surface area contributed by atoms with Gasteiger partial charge in [-0.2, -0.15) is 0 Å². The van der Waals surface area contributed by atoms with Gasteiger partial charge in [0, 0.05) is 12.4 Å². The lowest BCUT2D eigenvalue weighted by atomic mass is 10.2. The Balaban J connectivity index is 1.95. The number of benzene rings is 1. The highest BCUT2D eigenvalue weighted by Gasteiger charge is 2.23. The molecule has 0 radical (unpaired) electrons. The van der Waals surface area contributed by atoms with Crippen molar-refractivity contribution in [3.63, 3.8) is 0 Å². The Bertz CT molecular complexity index is 1370. The van der Waals surface area contributed by atoms with Crippen molar-refractivity contribution in [3.05, 3.63) is 48.0 Å². The van der Waals surface area contributed by atoms with Crippen molar-refractivity contribution in [2.24, 2.45) is 0 Å². The average Bonchev–Trinajstić information content (AvgIpc) is 3.20. The molecule has 27 heavy (non-hydrogen) atoms. The van der Waals surface area contributed by atoms with Crippen LogP contribution >= 0.6 is 0 Å². The van der Waals surface area contributed by atoms with Crippen molar-refractivity contribution < 1.29 is 9.90 Å². The molecule has 8 nitrogen and oxygen atoms in total. The second kappa shape index (κ2) is 5.34. The number of hydrogen-bond donors (Lipinski definition) is 2. The van der Waals surface area contributed by atoms with Gasteiger partial charge in [0.25, 0.3) is 0 Å². The maximum atomic E-state index is 12.4. The van der Waals surface area contributed by atoms with Gasteiger partial charge in [-0.25, -0.2) is 9.97 Å². The molecule has 4 aromatic heterocycles. The normalized spacial score (nSPS) is 11.6. The zero-order valence-corrected chi connectivity index (χ0v) is 14.6. The molecule has 5 aromatic rings. The van der Waals surface area contributed by atoms with E-state index in [0.29, 0.717) is 39.3 Å². The molecular formula is C19H14N6O2. The molecule has 0 aliphatic carbocycles. The summed E-state index contributed by atoms with van der Waals surface area (Å²) in [5.74, 6) is -0.0251. The highest BCUT2D eigenvalue weighted by Crippen LogP contribution is 2.34. The van der Waals surface area contributed by atoms with E-state index in [4.69, 9.17) is 0 Å². The van der Waals surface area contributed by atoms with E-state index in [9.17, 15) is 9.90 Å². The molecule has 0 aliphatic heterocycles. The number of fused-ring (bicyclic) bond motifs is 5. The standard InChI is InChI=1S/C19H14N6O2/c1-9-3-4-13(27)15-17(9)25-18(24-15)14(10(2)26)16-19(25)22-8-12(23-16)11-7-20-5-6-21-11/h3-8,24,27H,1-2H3. The first-order valence-electron chi connectivity index (χ1n) is 8.35. The van der Waals surface area contributed by atoms with Crippen molar-refractivity contribution in [1.29, 1.82) is 0 Å². The van der Waals surface area contributed by atoms with Crippen molar-refractivity contribution in [3.8, 4) is 17.1 Å². The molecule has 0 atom stereocenters. The molecule has 1 aromatic carbocycles. The lowest BCUT2D eigenvalue weighted by Gasteiger charge is -2.02. The summed E-state index contributed by atoms with van der Waals surface area (Å²) >= 11 is 0. The Morgan fingerprint density at radius 3 is 2.74 bits per heavy atom. The number of nitrogens with zero attached hydrogens (tertiary/aromatic N) is 5. The van der Waals surface area contributed by atoms with Gasteiger partial charge in [0.05, 0.1) is 23.5 Å². The number of aromatic nitrogens is 6. The van der Waals surface area contributed by atoms with Crippen LogP contribution in [0.25, 0.3) is 39.2 Å². The fraction of sp³-hybridized carbons (Fsp3) is 0.105. The predicted molar refractivity (Wildman–Crippen MR) is 99.8 cm³/mol. The first kappa shape index (κ1) is 15.4. The van der Waals surface area contributed by atoms with Crippen molar-refractivity contribution >= 4 is 33.6 Å². The Hall–Kier alpha value is -3.81. The van der Waals surface area contributed by atoms with Crippen LogP contribution in [0.15, 0.2) is 36.9 Å². The molecule has 8 heteroatoms. The second-order valence-electron chi connectivity index (χ2n) is 6.38. The predicted octanol–water partition coefficient (Wildman–Crippen LogP) is 3.04. The van der Waals surface area contributed by atoms with Crippen LogP contribution in [0.5, 0.6) is 5.75 Å². The molecule has 0 aliphatic rings. The highest BCUT2D eigenvalue weighted by atomic mass is 16.3. The topological polar surface area (TPSA) is 109 Å². The number of ketones is 1. The third-order valence-electron chi connectivity index (χ3n) is 4.66. The van der Waals surface area contributed by atoms with Gasteiger partial charge in [0.1, 0.15) is 33.8 Å². The Labute approximate surface area is 152 Å². The third-order valence-corrected chi connectivity index (χ3v) is 4.66. The summed E-state index contributed by atoms with van der Waals surface area (Å²) in [6, 6.07) is 3.45. The fourth-order valence-corrected chi connectivity index (χ4v) is 3.48. The average molecular weight is 358 g/mol. The number of imidazole rings is 1. The molecule has 132 valence electrons. The van der Waals surface area contributed by atoms with Gasteiger partial charge < -0.3 is 10.1 Å². The van der Waals surface area contributed by atoms with E-state index >= 15 is 0 Å². The monoisotopic (exact) mass is 358 g/mol. The smallest absolute Gasteiger partial charge is 0.165 e. The van der Waals surface area contributed by atoms with Crippen LogP contribution in [0.2, 0.25) is 0 Å². The number of aryl methyl sites for hydroxylation is 1. The third kappa shape index (κ3) is 2.06. The molecule has 0 spiro atoms. The molecule has 0 bridgehead atoms. The molecule has 0 unspecified atom stereocenters. The molecule has 0 fully saturated rings. The van der Waals surface area contributed by atoms with Gasteiger partial charge in [-0.3, -0.25) is 19.2 Å². The second-order valence-corrected chi connectivity index (χ2v) is 6.38. The number of phenolic OH excluding ortho intramolecular Hbond substituents is 1. The van der Waals surface area contributed by atoms with E-state index in [0.717, 1.165) is 11.1 Å². The molecule has 2 N–H and O–H groups in total. The Morgan fingerprint density at radius 1 is 1.15 bits per heavy atom. The molecule has 0 amide bonds. The first-order chi connectivity index (χ1) is 13.1. The zero-order valence-electron chi connectivity index (χ0n) is 14.6. The van der Waals surface area contributed by atoms with Crippen LogP contribution < -0.4 is 0 Å². The number of Topliss-reactive ketones (excluding diaryl/α,β-unsaturated/α-hetero) is 1. The lowest BCUT2D eigenvalue weighted by Crippen LogP contribution is -1.96. The van der Waals surface area contributed by atoms with Crippen molar-refractivity contribution in [2.75, 3.05) is 0 Å². The summed E-state index contributed by atoms with van der Waals surface area (Å²) in [7, 11) is 0. The number of hydrogen-bond acceptors (Lipinski definition) is 6. The fourth-order valence-electron chi connectivity index (χ4n) is 3.48. The van der Waals surface area contributed by atoms with Crippen molar-refractivity contribution in [1.82, 2.24) is 29.3 Å².